The van der Waals surface area contributed by atoms with Crippen LogP contribution in [0.25, 0.3) is 0 Å². The molecule has 1 unspecified atom stereocenters. The Bertz CT molecular complexity index is 866. The second kappa shape index (κ2) is 13.2. The Hall–Kier alpha value is -1.84. The lowest BCUT2D eigenvalue weighted by Gasteiger charge is -2.34. The van der Waals surface area contributed by atoms with Gasteiger partial charge in [-0.25, -0.2) is 0 Å². The maximum absolute atomic E-state index is 4.49. The molecule has 180 valence electrons. The lowest BCUT2D eigenvalue weighted by atomic mass is 10.1. The molecule has 0 saturated carbocycles. The molecule has 1 atom stereocenters. The summed E-state index contributed by atoms with van der Waals surface area (Å²) in [6.45, 7) is 12.0. The van der Waals surface area contributed by atoms with Gasteiger partial charge in [0.25, 0.3) is 0 Å². The van der Waals surface area contributed by atoms with Crippen molar-refractivity contribution in [1.82, 2.24) is 20.4 Å². The molecule has 0 radical (unpaired) electrons. The molecule has 7 heteroatoms. The topological polar surface area (TPSA) is 46.1 Å². The van der Waals surface area contributed by atoms with Crippen LogP contribution in [0.3, 0.4) is 0 Å². The van der Waals surface area contributed by atoms with Crippen LogP contribution in [-0.4, -0.2) is 74.7 Å². The maximum Gasteiger partial charge on any atom is 0.191 e. The van der Waals surface area contributed by atoms with Crippen LogP contribution in [0.1, 0.15) is 24.5 Å². The number of rotatable bonds is 7. The van der Waals surface area contributed by atoms with E-state index >= 15 is 0 Å². The molecule has 2 N–H and O–H groups in total. The number of halogens is 1. The summed E-state index contributed by atoms with van der Waals surface area (Å²) in [6.07, 6.45) is 1.12. The molecule has 4 rings (SSSR count). The van der Waals surface area contributed by atoms with Crippen LogP contribution in [0.4, 0.5) is 5.69 Å². The van der Waals surface area contributed by atoms with Gasteiger partial charge in [0.05, 0.1) is 0 Å². The van der Waals surface area contributed by atoms with Crippen LogP contribution in [0.2, 0.25) is 0 Å². The first-order valence-corrected chi connectivity index (χ1v) is 12.0. The van der Waals surface area contributed by atoms with Crippen molar-refractivity contribution in [3.05, 3.63) is 65.7 Å². The summed E-state index contributed by atoms with van der Waals surface area (Å²) in [7, 11) is 1.86. The molecular weight excluding hydrogens is 523 g/mol. The van der Waals surface area contributed by atoms with E-state index in [0.29, 0.717) is 6.04 Å². The number of anilines is 1. The number of para-hydroxylation sites is 1. The molecule has 0 aromatic heterocycles. The zero-order valence-corrected chi connectivity index (χ0v) is 22.4. The molecule has 0 bridgehead atoms. The lowest BCUT2D eigenvalue weighted by molar-refractivity contribution is 0.131. The van der Waals surface area contributed by atoms with E-state index in [1.165, 1.54) is 29.9 Å². The van der Waals surface area contributed by atoms with Gasteiger partial charge < -0.3 is 20.4 Å². The van der Waals surface area contributed by atoms with E-state index in [0.717, 1.165) is 58.2 Å². The first-order valence-electron chi connectivity index (χ1n) is 12.0. The first-order chi connectivity index (χ1) is 15.7. The maximum atomic E-state index is 4.49. The van der Waals surface area contributed by atoms with E-state index in [4.69, 9.17) is 0 Å². The molecule has 2 aliphatic heterocycles. The fourth-order valence-corrected chi connectivity index (χ4v) is 4.71. The number of nitrogens with zero attached hydrogens (tertiary/aromatic N) is 4. The number of aliphatic imine (C=N–C) groups is 1. The molecular formula is C26H39IN6. The smallest absolute Gasteiger partial charge is 0.191 e. The average Bonchev–Trinajstić information content (AvgIpc) is 3.32. The van der Waals surface area contributed by atoms with Crippen LogP contribution >= 0.6 is 24.0 Å². The van der Waals surface area contributed by atoms with E-state index in [2.05, 4.69) is 91.8 Å². The number of piperazine rings is 1. The van der Waals surface area contributed by atoms with Gasteiger partial charge in [0.15, 0.2) is 5.96 Å². The summed E-state index contributed by atoms with van der Waals surface area (Å²) in [5, 5.41) is 7.18. The number of nitrogens with one attached hydrogen (secondary N) is 2. The molecule has 2 aromatic rings. The van der Waals surface area contributed by atoms with Crippen LogP contribution in [-0.2, 0) is 13.1 Å². The first kappa shape index (κ1) is 25.8. The van der Waals surface area contributed by atoms with Crippen LogP contribution < -0.4 is 15.5 Å². The average molecular weight is 563 g/mol. The molecule has 2 aliphatic rings. The number of hydrogen-bond donors (Lipinski definition) is 2. The molecule has 0 aliphatic carbocycles. The lowest BCUT2D eigenvalue weighted by Crippen LogP contribution is -2.46. The number of benzene rings is 2. The van der Waals surface area contributed by atoms with Gasteiger partial charge in [-0.1, -0.05) is 49.4 Å². The summed E-state index contributed by atoms with van der Waals surface area (Å²) < 4.78 is 0. The Morgan fingerprint density at radius 2 is 1.58 bits per heavy atom. The minimum absolute atomic E-state index is 0. The van der Waals surface area contributed by atoms with E-state index in [1.807, 2.05) is 7.05 Å². The normalized spacial score (nSPS) is 19.9. The highest BCUT2D eigenvalue weighted by Crippen LogP contribution is 2.19. The van der Waals surface area contributed by atoms with Crippen molar-refractivity contribution < 1.29 is 0 Å². The van der Waals surface area contributed by atoms with Crippen molar-refractivity contribution in [3.8, 4) is 0 Å². The Morgan fingerprint density at radius 3 is 2.27 bits per heavy atom. The van der Waals surface area contributed by atoms with Gasteiger partial charge in [-0.3, -0.25) is 9.89 Å². The fraction of sp³-hybridized carbons (Fsp3) is 0.500. The molecule has 33 heavy (non-hydrogen) atoms. The van der Waals surface area contributed by atoms with Crippen molar-refractivity contribution >= 4 is 35.6 Å². The predicted octanol–water partition coefficient (Wildman–Crippen LogP) is 3.39. The van der Waals surface area contributed by atoms with Gasteiger partial charge in [-0.2, -0.15) is 0 Å². The summed E-state index contributed by atoms with van der Waals surface area (Å²) in [5.74, 6) is 0.885. The highest BCUT2D eigenvalue weighted by molar-refractivity contribution is 14.0. The monoisotopic (exact) mass is 562 g/mol. The van der Waals surface area contributed by atoms with Gasteiger partial charge in [-0.15, -0.1) is 24.0 Å². The quantitative estimate of drug-likeness (QED) is 0.308. The van der Waals surface area contributed by atoms with E-state index in [9.17, 15) is 0 Å². The SMILES string of the molecule is CCN1CCN(Cc2ccccc2CNC(=NC)NC2CCN(c3ccccc3)C2)CC1.I. The zero-order valence-electron chi connectivity index (χ0n) is 20.0. The molecule has 0 spiro atoms. The molecule has 2 heterocycles. The van der Waals surface area contributed by atoms with E-state index in [1.54, 1.807) is 0 Å². The van der Waals surface area contributed by atoms with Gasteiger partial charge in [-0.05, 0) is 36.2 Å². The Morgan fingerprint density at radius 1 is 0.909 bits per heavy atom. The third-order valence-corrected chi connectivity index (χ3v) is 6.74. The fourth-order valence-electron chi connectivity index (χ4n) is 4.71. The largest absolute Gasteiger partial charge is 0.369 e. The Balaban J connectivity index is 0.00000306. The number of likely N-dealkylation sites (N-methyl/N-ethyl adjacent to an activating group) is 1. The third kappa shape index (κ3) is 7.32. The molecule has 0 amide bonds. The standard InChI is InChI=1S/C26H38N6.HI/c1-3-30-15-17-31(18-16-30)20-23-10-8-7-9-22(23)19-28-26(27-2)29-24-13-14-32(21-24)25-11-5-4-6-12-25;/h4-12,24H,3,13-21H2,1-2H3,(H2,27,28,29);1H. The van der Waals surface area contributed by atoms with Crippen LogP contribution in [0, 0.1) is 0 Å². The van der Waals surface area contributed by atoms with Gasteiger partial charge in [0, 0.05) is 71.1 Å². The minimum atomic E-state index is 0. The van der Waals surface area contributed by atoms with Crippen molar-refractivity contribution in [2.45, 2.75) is 32.5 Å². The van der Waals surface area contributed by atoms with Crippen molar-refractivity contribution in [2.24, 2.45) is 4.99 Å². The Kier molecular flexibility index (Phi) is 10.3. The molecule has 6 nitrogen and oxygen atoms in total. The highest BCUT2D eigenvalue weighted by Gasteiger charge is 2.23. The minimum Gasteiger partial charge on any atom is -0.369 e. The van der Waals surface area contributed by atoms with Crippen molar-refractivity contribution in [1.29, 1.82) is 0 Å². The number of guanidine groups is 1. The summed E-state index contributed by atoms with van der Waals surface area (Å²) in [6, 6.07) is 19.9. The van der Waals surface area contributed by atoms with Crippen molar-refractivity contribution in [3.63, 3.8) is 0 Å². The van der Waals surface area contributed by atoms with Crippen molar-refractivity contribution in [2.75, 3.05) is 57.8 Å². The molecule has 2 saturated heterocycles. The highest BCUT2D eigenvalue weighted by atomic mass is 127. The number of hydrogen-bond acceptors (Lipinski definition) is 4. The van der Waals surface area contributed by atoms with E-state index < -0.39 is 0 Å². The predicted molar refractivity (Wildman–Crippen MR) is 150 cm³/mol. The van der Waals surface area contributed by atoms with Crippen LogP contribution in [0.15, 0.2) is 59.6 Å². The second-order valence-corrected chi connectivity index (χ2v) is 8.82. The summed E-state index contributed by atoms with van der Waals surface area (Å²) in [5.41, 5.74) is 4.07. The van der Waals surface area contributed by atoms with Crippen LogP contribution in [0.5, 0.6) is 0 Å². The second-order valence-electron chi connectivity index (χ2n) is 8.82. The summed E-state index contributed by atoms with van der Waals surface area (Å²) >= 11 is 0. The van der Waals surface area contributed by atoms with Gasteiger partial charge in [0.1, 0.15) is 0 Å². The Labute approximate surface area is 216 Å². The zero-order chi connectivity index (χ0) is 22.2. The third-order valence-electron chi connectivity index (χ3n) is 6.74. The van der Waals surface area contributed by atoms with Gasteiger partial charge in [0.2, 0.25) is 0 Å². The summed E-state index contributed by atoms with van der Waals surface area (Å²) in [4.78, 5) is 12.0. The van der Waals surface area contributed by atoms with E-state index in [-0.39, 0.29) is 24.0 Å². The molecule has 2 fully saturated rings. The molecule has 2 aromatic carbocycles. The van der Waals surface area contributed by atoms with Gasteiger partial charge >= 0.3 is 0 Å².